The molecule has 4 rings (SSSR count). The second kappa shape index (κ2) is 6.53. The summed E-state index contributed by atoms with van der Waals surface area (Å²) in [7, 11) is 0. The third-order valence-corrected chi connectivity index (χ3v) is 5.14. The maximum absolute atomic E-state index is 12.8. The molecule has 6 heteroatoms. The van der Waals surface area contributed by atoms with Gasteiger partial charge in [-0.2, -0.15) is 0 Å². The number of likely N-dealkylation sites (tertiary alicyclic amines) is 1. The summed E-state index contributed by atoms with van der Waals surface area (Å²) >= 11 is 0. The van der Waals surface area contributed by atoms with Gasteiger partial charge in [0.2, 0.25) is 0 Å². The van der Waals surface area contributed by atoms with Gasteiger partial charge in [0.15, 0.2) is 0 Å². The van der Waals surface area contributed by atoms with Gasteiger partial charge in [-0.05, 0) is 31.4 Å². The minimum atomic E-state index is 0.127. The first-order chi connectivity index (χ1) is 11.7. The van der Waals surface area contributed by atoms with Gasteiger partial charge in [0.25, 0.3) is 5.91 Å². The molecular formula is C18H24N4O2. The van der Waals surface area contributed by atoms with Gasteiger partial charge in [-0.1, -0.05) is 0 Å². The predicted octanol–water partition coefficient (Wildman–Crippen LogP) is 1.44. The van der Waals surface area contributed by atoms with E-state index in [1.54, 1.807) is 0 Å². The lowest BCUT2D eigenvalue weighted by atomic mass is 10.1. The van der Waals surface area contributed by atoms with Crippen molar-refractivity contribution in [2.24, 2.45) is 5.92 Å². The Morgan fingerprint density at radius 1 is 1.33 bits per heavy atom. The molecule has 2 fully saturated rings. The summed E-state index contributed by atoms with van der Waals surface area (Å²) in [5, 5.41) is 0. The van der Waals surface area contributed by atoms with Crippen LogP contribution < -0.4 is 0 Å². The molecule has 0 saturated carbocycles. The van der Waals surface area contributed by atoms with E-state index in [-0.39, 0.29) is 5.91 Å². The first-order valence-corrected chi connectivity index (χ1v) is 8.74. The van der Waals surface area contributed by atoms with Crippen molar-refractivity contribution in [3.8, 4) is 0 Å². The van der Waals surface area contributed by atoms with E-state index >= 15 is 0 Å². The van der Waals surface area contributed by atoms with Crippen molar-refractivity contribution in [3.63, 3.8) is 0 Å². The molecule has 2 saturated heterocycles. The van der Waals surface area contributed by atoms with Crippen molar-refractivity contribution in [2.75, 3.05) is 45.9 Å². The number of hydrogen-bond donors (Lipinski definition) is 0. The number of pyridine rings is 1. The monoisotopic (exact) mass is 328 g/mol. The van der Waals surface area contributed by atoms with Crippen LogP contribution in [0, 0.1) is 12.8 Å². The third kappa shape index (κ3) is 3.03. The molecule has 1 atom stereocenters. The van der Waals surface area contributed by atoms with Crippen molar-refractivity contribution in [2.45, 2.75) is 13.3 Å². The minimum absolute atomic E-state index is 0.127. The van der Waals surface area contributed by atoms with Crippen LogP contribution in [0.1, 0.15) is 22.5 Å². The molecule has 128 valence electrons. The highest BCUT2D eigenvalue weighted by atomic mass is 16.5. The number of aromatic nitrogens is 2. The van der Waals surface area contributed by atoms with Gasteiger partial charge in [-0.25, -0.2) is 4.98 Å². The van der Waals surface area contributed by atoms with Gasteiger partial charge in [0.1, 0.15) is 5.65 Å². The fraction of sp³-hybridized carbons (Fsp3) is 0.556. The zero-order valence-electron chi connectivity index (χ0n) is 14.1. The summed E-state index contributed by atoms with van der Waals surface area (Å²) in [5.74, 6) is 0.701. The van der Waals surface area contributed by atoms with Crippen LogP contribution in [-0.4, -0.2) is 71.0 Å². The number of aryl methyl sites for hydroxylation is 1. The van der Waals surface area contributed by atoms with Crippen LogP contribution in [0.4, 0.5) is 0 Å². The average molecular weight is 328 g/mol. The molecule has 0 N–H and O–H groups in total. The Morgan fingerprint density at radius 3 is 3.00 bits per heavy atom. The zero-order chi connectivity index (χ0) is 16.5. The molecular weight excluding hydrogens is 304 g/mol. The van der Waals surface area contributed by atoms with Crippen molar-refractivity contribution in [1.82, 2.24) is 19.2 Å². The van der Waals surface area contributed by atoms with E-state index in [0.717, 1.165) is 69.3 Å². The maximum Gasteiger partial charge on any atom is 0.254 e. The highest BCUT2D eigenvalue weighted by Gasteiger charge is 2.28. The van der Waals surface area contributed by atoms with Crippen LogP contribution in [0.5, 0.6) is 0 Å². The van der Waals surface area contributed by atoms with E-state index in [1.807, 2.05) is 40.8 Å². The molecule has 4 heterocycles. The van der Waals surface area contributed by atoms with Crippen LogP contribution >= 0.6 is 0 Å². The number of carbonyl (C=O) groups excluding carboxylic acids is 1. The number of carbonyl (C=O) groups is 1. The molecule has 1 unspecified atom stereocenters. The Morgan fingerprint density at radius 2 is 2.17 bits per heavy atom. The van der Waals surface area contributed by atoms with Gasteiger partial charge < -0.3 is 14.0 Å². The van der Waals surface area contributed by atoms with E-state index < -0.39 is 0 Å². The van der Waals surface area contributed by atoms with Gasteiger partial charge in [-0.15, -0.1) is 0 Å². The van der Waals surface area contributed by atoms with E-state index in [2.05, 4.69) is 9.88 Å². The highest BCUT2D eigenvalue weighted by Crippen LogP contribution is 2.21. The number of hydrogen-bond acceptors (Lipinski definition) is 4. The van der Waals surface area contributed by atoms with Crippen LogP contribution in [0.3, 0.4) is 0 Å². The van der Waals surface area contributed by atoms with Gasteiger partial charge in [0, 0.05) is 56.4 Å². The van der Waals surface area contributed by atoms with Crippen molar-refractivity contribution >= 4 is 11.6 Å². The van der Waals surface area contributed by atoms with Gasteiger partial charge in [-0.3, -0.25) is 9.69 Å². The molecule has 2 aliphatic heterocycles. The fourth-order valence-electron chi connectivity index (χ4n) is 3.74. The first-order valence-electron chi connectivity index (χ1n) is 8.74. The Bertz CT molecular complexity index is 736. The van der Waals surface area contributed by atoms with Crippen LogP contribution in [0.2, 0.25) is 0 Å². The number of nitrogens with zero attached hydrogens (tertiary/aromatic N) is 4. The normalized spacial score (nSPS) is 22.4. The van der Waals surface area contributed by atoms with E-state index in [4.69, 9.17) is 4.74 Å². The van der Waals surface area contributed by atoms with E-state index in [1.165, 1.54) is 0 Å². The summed E-state index contributed by atoms with van der Waals surface area (Å²) in [6.45, 7) is 8.49. The summed E-state index contributed by atoms with van der Waals surface area (Å²) in [5.41, 5.74) is 2.65. The number of morpholine rings is 1. The summed E-state index contributed by atoms with van der Waals surface area (Å²) in [6.07, 6.45) is 4.86. The lowest BCUT2D eigenvalue weighted by molar-refractivity contribution is 0.0310. The Kier molecular flexibility index (Phi) is 4.24. The molecule has 2 aromatic heterocycles. The lowest BCUT2D eigenvalue weighted by Gasteiger charge is -2.29. The van der Waals surface area contributed by atoms with E-state index in [0.29, 0.717) is 5.92 Å². The van der Waals surface area contributed by atoms with Gasteiger partial charge in [0.05, 0.1) is 13.2 Å². The Balaban J connectivity index is 1.40. The standard InChI is InChI=1S/C18H24N4O2/c1-14-11-19-17-10-16(3-5-22(14)17)18(23)21-4-2-15(13-21)12-20-6-8-24-9-7-20/h3,5,10-11,15H,2,4,6-9,12-13H2,1H3. The van der Waals surface area contributed by atoms with Gasteiger partial charge >= 0.3 is 0 Å². The number of ether oxygens (including phenoxy) is 1. The predicted molar refractivity (Wildman–Crippen MR) is 91.2 cm³/mol. The second-order valence-corrected chi connectivity index (χ2v) is 6.86. The zero-order valence-corrected chi connectivity index (χ0v) is 14.1. The molecule has 0 aliphatic carbocycles. The largest absolute Gasteiger partial charge is 0.379 e. The highest BCUT2D eigenvalue weighted by molar-refractivity contribution is 5.95. The topological polar surface area (TPSA) is 50.1 Å². The van der Waals surface area contributed by atoms with Crippen molar-refractivity contribution < 1.29 is 9.53 Å². The molecule has 0 radical (unpaired) electrons. The van der Waals surface area contributed by atoms with Crippen molar-refractivity contribution in [3.05, 3.63) is 35.8 Å². The molecule has 2 aliphatic rings. The quantitative estimate of drug-likeness (QED) is 0.855. The molecule has 6 nitrogen and oxygen atoms in total. The smallest absolute Gasteiger partial charge is 0.254 e. The summed E-state index contributed by atoms with van der Waals surface area (Å²) < 4.78 is 7.41. The SMILES string of the molecule is Cc1cnc2cc(C(=O)N3CCC(CN4CCOCC4)C3)ccn12. The summed E-state index contributed by atoms with van der Waals surface area (Å²) in [6, 6.07) is 3.80. The lowest BCUT2D eigenvalue weighted by Crippen LogP contribution is -2.40. The van der Waals surface area contributed by atoms with E-state index in [9.17, 15) is 4.79 Å². The second-order valence-electron chi connectivity index (χ2n) is 6.86. The fourth-order valence-corrected chi connectivity index (χ4v) is 3.74. The number of amides is 1. The molecule has 0 spiro atoms. The number of imidazole rings is 1. The minimum Gasteiger partial charge on any atom is -0.379 e. The maximum atomic E-state index is 12.8. The molecule has 24 heavy (non-hydrogen) atoms. The molecule has 0 bridgehead atoms. The van der Waals surface area contributed by atoms with Crippen molar-refractivity contribution in [1.29, 1.82) is 0 Å². The Labute approximate surface area is 142 Å². The van der Waals surface area contributed by atoms with Crippen LogP contribution in [0.15, 0.2) is 24.5 Å². The Hall–Kier alpha value is -1.92. The first kappa shape index (κ1) is 15.6. The molecule has 2 aromatic rings. The summed E-state index contributed by atoms with van der Waals surface area (Å²) in [4.78, 5) is 21.6. The average Bonchev–Trinajstić information content (AvgIpc) is 3.22. The molecule has 0 aromatic carbocycles. The molecule has 1 amide bonds. The number of fused-ring (bicyclic) bond motifs is 1. The third-order valence-electron chi connectivity index (χ3n) is 5.14. The van der Waals surface area contributed by atoms with Crippen LogP contribution in [0.25, 0.3) is 5.65 Å². The van der Waals surface area contributed by atoms with Crippen LogP contribution in [-0.2, 0) is 4.74 Å². The number of rotatable bonds is 3.